The van der Waals surface area contributed by atoms with Crippen LogP contribution in [0, 0.1) is 10.7 Å². The second-order valence-electron chi connectivity index (χ2n) is 9.01. The summed E-state index contributed by atoms with van der Waals surface area (Å²) < 4.78 is 25.9. The lowest BCUT2D eigenvalue weighted by Gasteiger charge is -2.26. The summed E-state index contributed by atoms with van der Waals surface area (Å²) in [5, 5.41) is 5.30. The first-order chi connectivity index (χ1) is 20.5. The van der Waals surface area contributed by atoms with Crippen molar-refractivity contribution in [1.29, 1.82) is 0 Å². The molecule has 3 amide bonds. The zero-order valence-electron chi connectivity index (χ0n) is 24.7. The van der Waals surface area contributed by atoms with Crippen LogP contribution in [0.3, 0.4) is 0 Å². The Kier molecular flexibility index (Phi) is 17.3. The zero-order chi connectivity index (χ0) is 33.7. The summed E-state index contributed by atoms with van der Waals surface area (Å²) in [5.74, 6) is -4.34. The number of esters is 4. The molecule has 1 aromatic carbocycles. The van der Waals surface area contributed by atoms with Crippen LogP contribution in [0.15, 0.2) is 0 Å². The Morgan fingerprint density at radius 3 is 1.75 bits per heavy atom. The number of nitrogens with one attached hydrogen (secondary N) is 2. The molecule has 0 bridgehead atoms. The molecule has 0 aliphatic carbocycles. The minimum absolute atomic E-state index is 0.0293. The maximum absolute atomic E-state index is 13.8. The van der Waals surface area contributed by atoms with Crippen LogP contribution in [-0.4, -0.2) is 106 Å². The molecule has 2 atom stereocenters. The van der Waals surface area contributed by atoms with E-state index in [2.05, 4.69) is 10.6 Å². The Labute approximate surface area is 294 Å². The zero-order valence-corrected chi connectivity index (χ0v) is 31.1. The maximum atomic E-state index is 13.8. The lowest BCUT2D eigenvalue weighted by Crippen LogP contribution is -2.40. The number of likely N-dealkylation sites (N-methyl/N-ethyl adjacent to an activating group) is 1. The SMILES string of the molecule is COCC(=O)Nc1c(I)c(C(=O)NCC(COC(C)=O)OC(C)=O)c(I)c(C(=O)N(C)CC(COC(C)=O)OC(C)=O)c1I. The van der Waals surface area contributed by atoms with E-state index < -0.39 is 53.8 Å². The van der Waals surface area contributed by atoms with Crippen LogP contribution in [0.4, 0.5) is 5.69 Å². The van der Waals surface area contributed by atoms with Crippen molar-refractivity contribution in [1.82, 2.24) is 10.2 Å². The number of carbonyl (C=O) groups is 7. The van der Waals surface area contributed by atoms with Gasteiger partial charge in [-0.05, 0) is 67.8 Å². The standard InChI is InChI=1S/C26H32I3N3O12/c1-12(33)41-9-16(43-14(3)35)7-30-25(38)19-21(27)20(23(29)24(22(19)28)31-18(37)11-40-6)26(39)32(5)8-17(44-15(4)36)10-42-13(2)34/h16-17H,7-11H2,1-6H3,(H,30,38)(H,31,37). The van der Waals surface area contributed by atoms with Gasteiger partial charge in [0, 0.05) is 45.4 Å². The van der Waals surface area contributed by atoms with Crippen LogP contribution in [0.1, 0.15) is 48.4 Å². The van der Waals surface area contributed by atoms with Gasteiger partial charge >= 0.3 is 23.9 Å². The lowest BCUT2D eigenvalue weighted by molar-refractivity contribution is -0.156. The predicted molar refractivity (Wildman–Crippen MR) is 179 cm³/mol. The molecule has 44 heavy (non-hydrogen) atoms. The van der Waals surface area contributed by atoms with Crippen molar-refractivity contribution in [3.05, 3.63) is 21.8 Å². The highest BCUT2D eigenvalue weighted by atomic mass is 127. The number of carbonyl (C=O) groups excluding carboxylic acids is 7. The number of benzene rings is 1. The third-order valence-electron chi connectivity index (χ3n) is 5.22. The van der Waals surface area contributed by atoms with E-state index in [1.807, 2.05) is 67.8 Å². The molecule has 0 saturated carbocycles. The van der Waals surface area contributed by atoms with Crippen molar-refractivity contribution < 1.29 is 57.2 Å². The summed E-state index contributed by atoms with van der Waals surface area (Å²) >= 11 is 5.59. The largest absolute Gasteiger partial charge is 0.462 e. The molecule has 2 unspecified atom stereocenters. The van der Waals surface area contributed by atoms with Gasteiger partial charge in [0.15, 0.2) is 12.2 Å². The van der Waals surface area contributed by atoms with Crippen molar-refractivity contribution in [3.63, 3.8) is 0 Å². The molecule has 2 N–H and O–H groups in total. The fourth-order valence-corrected chi connectivity index (χ4v) is 7.88. The Morgan fingerprint density at radius 2 is 1.25 bits per heavy atom. The number of hydrogen-bond donors (Lipinski definition) is 2. The van der Waals surface area contributed by atoms with Crippen molar-refractivity contribution >= 4 is 115 Å². The normalized spacial score (nSPS) is 11.8. The predicted octanol–water partition coefficient (Wildman–Crippen LogP) is 1.88. The molecule has 15 nitrogen and oxygen atoms in total. The molecule has 0 aromatic heterocycles. The first-order valence-corrected chi connectivity index (χ1v) is 15.9. The average Bonchev–Trinajstić information content (AvgIpc) is 2.90. The molecule has 0 spiro atoms. The Balaban J connectivity index is 3.56. The van der Waals surface area contributed by atoms with Gasteiger partial charge in [0.25, 0.3) is 11.8 Å². The van der Waals surface area contributed by atoms with Gasteiger partial charge in [0.05, 0.1) is 37.0 Å². The van der Waals surface area contributed by atoms with E-state index in [0.717, 1.165) is 6.92 Å². The number of ether oxygens (including phenoxy) is 5. The molecule has 0 fully saturated rings. The molecule has 0 heterocycles. The molecule has 0 radical (unpaired) electrons. The quantitative estimate of drug-likeness (QED) is 0.148. The van der Waals surface area contributed by atoms with E-state index in [1.165, 1.54) is 39.8 Å². The molecule has 1 aromatic rings. The number of anilines is 1. The van der Waals surface area contributed by atoms with Crippen molar-refractivity contribution in [3.8, 4) is 0 Å². The molecule has 0 aliphatic heterocycles. The van der Waals surface area contributed by atoms with Crippen LogP contribution in [0.25, 0.3) is 0 Å². The van der Waals surface area contributed by atoms with E-state index >= 15 is 0 Å². The minimum atomic E-state index is -0.997. The van der Waals surface area contributed by atoms with Crippen molar-refractivity contribution in [2.75, 3.05) is 52.4 Å². The highest BCUT2D eigenvalue weighted by molar-refractivity contribution is 14.1. The van der Waals surface area contributed by atoms with Crippen molar-refractivity contribution in [2.24, 2.45) is 0 Å². The summed E-state index contributed by atoms with van der Waals surface area (Å²) in [7, 11) is 2.76. The fraction of sp³-hybridized carbons (Fsp3) is 0.500. The summed E-state index contributed by atoms with van der Waals surface area (Å²) in [6.07, 6.45) is -1.98. The molecule has 1 rings (SSSR count). The third-order valence-corrected chi connectivity index (χ3v) is 8.46. The molecular weight excluding hydrogens is 927 g/mol. The van der Waals surface area contributed by atoms with E-state index in [1.54, 1.807) is 0 Å². The summed E-state index contributed by atoms with van der Waals surface area (Å²) in [4.78, 5) is 86.8. The summed E-state index contributed by atoms with van der Waals surface area (Å²) in [5.41, 5.74) is 0.252. The van der Waals surface area contributed by atoms with E-state index in [9.17, 15) is 33.6 Å². The van der Waals surface area contributed by atoms with Gasteiger partial charge in [0.1, 0.15) is 19.8 Å². The van der Waals surface area contributed by atoms with Gasteiger partial charge in [0.2, 0.25) is 5.91 Å². The number of methoxy groups -OCH3 is 1. The highest BCUT2D eigenvalue weighted by Crippen LogP contribution is 2.36. The van der Waals surface area contributed by atoms with Crippen LogP contribution in [0.2, 0.25) is 0 Å². The summed E-state index contributed by atoms with van der Waals surface area (Å²) in [6.45, 7) is 3.39. The minimum Gasteiger partial charge on any atom is -0.462 e. The Hall–Kier alpha value is -2.34. The number of nitrogens with zero attached hydrogens (tertiary/aromatic N) is 1. The Bertz CT molecular complexity index is 1290. The van der Waals surface area contributed by atoms with Gasteiger partial charge in [-0.3, -0.25) is 33.6 Å². The van der Waals surface area contributed by atoms with Crippen LogP contribution < -0.4 is 10.6 Å². The topological polar surface area (TPSA) is 193 Å². The monoisotopic (exact) mass is 959 g/mol. The summed E-state index contributed by atoms with van der Waals surface area (Å²) in [6, 6.07) is 0. The second kappa shape index (κ2) is 19.2. The smallest absolute Gasteiger partial charge is 0.303 e. The average molecular weight is 959 g/mol. The first kappa shape index (κ1) is 39.7. The van der Waals surface area contributed by atoms with Crippen LogP contribution in [-0.2, 0) is 47.7 Å². The second-order valence-corrected chi connectivity index (χ2v) is 12.2. The fourth-order valence-electron chi connectivity index (χ4n) is 3.49. The highest BCUT2D eigenvalue weighted by Gasteiger charge is 2.31. The molecule has 18 heteroatoms. The van der Waals surface area contributed by atoms with E-state index in [4.69, 9.17) is 23.7 Å². The lowest BCUT2D eigenvalue weighted by atomic mass is 10.1. The van der Waals surface area contributed by atoms with Gasteiger partial charge in [-0.25, -0.2) is 0 Å². The molecule has 0 aliphatic rings. The molecule has 244 valence electrons. The number of amides is 3. The molecule has 0 saturated heterocycles. The van der Waals surface area contributed by atoms with Gasteiger partial charge in [-0.1, -0.05) is 0 Å². The van der Waals surface area contributed by atoms with Gasteiger partial charge in [-0.15, -0.1) is 0 Å². The Morgan fingerprint density at radius 1 is 0.750 bits per heavy atom. The maximum Gasteiger partial charge on any atom is 0.303 e. The van der Waals surface area contributed by atoms with Crippen LogP contribution in [0.5, 0.6) is 0 Å². The number of hydrogen-bond acceptors (Lipinski definition) is 12. The van der Waals surface area contributed by atoms with E-state index in [-0.39, 0.29) is 53.3 Å². The van der Waals surface area contributed by atoms with E-state index in [0.29, 0.717) is 7.14 Å². The third kappa shape index (κ3) is 12.9. The number of halogens is 3. The molecular formula is C26H32I3N3O12. The van der Waals surface area contributed by atoms with Gasteiger partial charge in [-0.2, -0.15) is 0 Å². The first-order valence-electron chi connectivity index (χ1n) is 12.6. The van der Waals surface area contributed by atoms with Crippen LogP contribution >= 0.6 is 67.8 Å². The number of rotatable bonds is 15. The van der Waals surface area contributed by atoms with Gasteiger partial charge < -0.3 is 39.2 Å². The van der Waals surface area contributed by atoms with Crippen molar-refractivity contribution in [2.45, 2.75) is 39.9 Å².